The molecular weight excluding hydrogens is 232 g/mol. The van der Waals surface area contributed by atoms with Gasteiger partial charge in [-0.3, -0.25) is 0 Å². The molecule has 0 aliphatic carbocycles. The molecule has 4 aromatic rings. The standard InChI is InChI=1S/C17H12N2/c1-2-6-14-11-16(10-9-13(14)5-1)19-17-8-4-3-7-15(17)12-18-19/h1-12H. The van der Waals surface area contributed by atoms with E-state index in [4.69, 9.17) is 0 Å². The van der Waals surface area contributed by atoms with Gasteiger partial charge in [0.15, 0.2) is 0 Å². The van der Waals surface area contributed by atoms with Gasteiger partial charge in [-0.05, 0) is 29.0 Å². The van der Waals surface area contributed by atoms with Crippen molar-refractivity contribution < 1.29 is 0 Å². The predicted molar refractivity (Wildman–Crippen MR) is 78.6 cm³/mol. The number of aromatic nitrogens is 2. The van der Waals surface area contributed by atoms with E-state index in [1.807, 2.05) is 23.0 Å². The van der Waals surface area contributed by atoms with Crippen molar-refractivity contribution in [1.82, 2.24) is 9.78 Å². The Kier molecular flexibility index (Phi) is 2.15. The summed E-state index contributed by atoms with van der Waals surface area (Å²) in [6, 6.07) is 23.1. The summed E-state index contributed by atoms with van der Waals surface area (Å²) >= 11 is 0. The van der Waals surface area contributed by atoms with Crippen LogP contribution >= 0.6 is 0 Å². The van der Waals surface area contributed by atoms with E-state index in [2.05, 4.69) is 59.7 Å². The van der Waals surface area contributed by atoms with Crippen molar-refractivity contribution in [3.8, 4) is 5.69 Å². The van der Waals surface area contributed by atoms with Gasteiger partial charge in [0.1, 0.15) is 0 Å². The van der Waals surface area contributed by atoms with Crippen LogP contribution in [0.1, 0.15) is 0 Å². The maximum absolute atomic E-state index is 4.49. The van der Waals surface area contributed by atoms with Crippen LogP contribution < -0.4 is 0 Å². The summed E-state index contributed by atoms with van der Waals surface area (Å²) in [7, 11) is 0. The molecule has 0 aliphatic heterocycles. The highest BCUT2D eigenvalue weighted by Crippen LogP contribution is 2.21. The molecule has 4 rings (SSSR count). The highest BCUT2D eigenvalue weighted by Gasteiger charge is 2.04. The molecule has 0 radical (unpaired) electrons. The zero-order chi connectivity index (χ0) is 12.7. The third-order valence-corrected chi connectivity index (χ3v) is 3.45. The SMILES string of the molecule is c1ccc2cc(-n3ncc4ccccc43)ccc2c1. The van der Waals surface area contributed by atoms with Crippen LogP contribution in [-0.4, -0.2) is 9.78 Å². The highest BCUT2D eigenvalue weighted by molar-refractivity contribution is 5.86. The van der Waals surface area contributed by atoms with E-state index in [1.165, 1.54) is 10.8 Å². The molecule has 0 spiro atoms. The second-order valence-corrected chi connectivity index (χ2v) is 4.65. The largest absolute Gasteiger partial charge is 0.233 e. The molecule has 19 heavy (non-hydrogen) atoms. The van der Waals surface area contributed by atoms with Gasteiger partial charge >= 0.3 is 0 Å². The first kappa shape index (κ1) is 10.3. The van der Waals surface area contributed by atoms with Crippen LogP contribution in [0.3, 0.4) is 0 Å². The Morgan fingerprint density at radius 3 is 2.32 bits per heavy atom. The number of para-hydroxylation sites is 1. The van der Waals surface area contributed by atoms with Crippen LogP contribution in [0.25, 0.3) is 27.4 Å². The quantitative estimate of drug-likeness (QED) is 0.491. The van der Waals surface area contributed by atoms with Crippen LogP contribution in [0.15, 0.2) is 72.9 Å². The fourth-order valence-electron chi connectivity index (χ4n) is 2.49. The minimum absolute atomic E-state index is 1.10. The van der Waals surface area contributed by atoms with Crippen molar-refractivity contribution in [2.45, 2.75) is 0 Å². The zero-order valence-electron chi connectivity index (χ0n) is 10.3. The van der Waals surface area contributed by atoms with Gasteiger partial charge in [-0.25, -0.2) is 4.68 Å². The second-order valence-electron chi connectivity index (χ2n) is 4.65. The van der Waals surface area contributed by atoms with Crippen molar-refractivity contribution in [2.75, 3.05) is 0 Å². The monoisotopic (exact) mass is 244 g/mol. The molecule has 1 heterocycles. The molecule has 0 bridgehead atoms. The molecule has 0 unspecified atom stereocenters. The Morgan fingerprint density at radius 2 is 1.42 bits per heavy atom. The molecule has 0 amide bonds. The Bertz CT molecular complexity index is 874. The summed E-state index contributed by atoms with van der Waals surface area (Å²) in [6.07, 6.45) is 1.91. The smallest absolute Gasteiger partial charge is 0.0741 e. The van der Waals surface area contributed by atoms with E-state index in [0.29, 0.717) is 0 Å². The third-order valence-electron chi connectivity index (χ3n) is 3.45. The molecule has 0 N–H and O–H groups in total. The molecule has 90 valence electrons. The first-order valence-corrected chi connectivity index (χ1v) is 6.34. The van der Waals surface area contributed by atoms with Crippen LogP contribution in [0.2, 0.25) is 0 Å². The molecule has 0 aliphatic rings. The van der Waals surface area contributed by atoms with Crippen molar-refractivity contribution in [3.05, 3.63) is 72.9 Å². The lowest BCUT2D eigenvalue weighted by Gasteiger charge is -2.05. The van der Waals surface area contributed by atoms with Crippen LogP contribution in [0.5, 0.6) is 0 Å². The van der Waals surface area contributed by atoms with Crippen molar-refractivity contribution in [2.24, 2.45) is 0 Å². The molecule has 3 aromatic carbocycles. The number of fused-ring (bicyclic) bond motifs is 2. The molecule has 0 saturated carbocycles. The topological polar surface area (TPSA) is 17.8 Å². The summed E-state index contributed by atoms with van der Waals surface area (Å²) in [5.41, 5.74) is 2.23. The average Bonchev–Trinajstić information content (AvgIpc) is 2.91. The van der Waals surface area contributed by atoms with Crippen LogP contribution in [-0.2, 0) is 0 Å². The minimum atomic E-state index is 1.10. The van der Waals surface area contributed by atoms with E-state index >= 15 is 0 Å². The first-order valence-electron chi connectivity index (χ1n) is 6.34. The highest BCUT2D eigenvalue weighted by atomic mass is 15.3. The van der Waals surface area contributed by atoms with Gasteiger partial charge in [-0.1, -0.05) is 48.5 Å². The normalized spacial score (nSPS) is 11.2. The first-order chi connectivity index (χ1) is 9.42. The minimum Gasteiger partial charge on any atom is -0.233 e. The van der Waals surface area contributed by atoms with Crippen molar-refractivity contribution in [3.63, 3.8) is 0 Å². The van der Waals surface area contributed by atoms with E-state index in [0.717, 1.165) is 16.6 Å². The van der Waals surface area contributed by atoms with Gasteiger partial charge in [0.2, 0.25) is 0 Å². The maximum atomic E-state index is 4.49. The fourth-order valence-corrected chi connectivity index (χ4v) is 2.49. The Morgan fingerprint density at radius 1 is 0.684 bits per heavy atom. The Labute approximate surface area is 110 Å². The summed E-state index contributed by atoms with van der Waals surface area (Å²) in [4.78, 5) is 0. The molecule has 0 saturated heterocycles. The van der Waals surface area contributed by atoms with Gasteiger partial charge < -0.3 is 0 Å². The number of nitrogens with zero attached hydrogens (tertiary/aromatic N) is 2. The zero-order valence-corrected chi connectivity index (χ0v) is 10.3. The van der Waals surface area contributed by atoms with Crippen molar-refractivity contribution >= 4 is 21.7 Å². The van der Waals surface area contributed by atoms with E-state index in [9.17, 15) is 0 Å². The van der Waals surface area contributed by atoms with E-state index in [-0.39, 0.29) is 0 Å². The summed E-state index contributed by atoms with van der Waals surface area (Å²) in [5, 5.41) is 8.14. The van der Waals surface area contributed by atoms with Gasteiger partial charge in [0, 0.05) is 5.39 Å². The van der Waals surface area contributed by atoms with Gasteiger partial charge in [0.05, 0.1) is 17.4 Å². The summed E-state index contributed by atoms with van der Waals surface area (Å²) in [6.45, 7) is 0. The van der Waals surface area contributed by atoms with Gasteiger partial charge in [0.25, 0.3) is 0 Å². The second kappa shape index (κ2) is 3.95. The molecule has 2 nitrogen and oxygen atoms in total. The molecule has 0 fully saturated rings. The Hall–Kier alpha value is -2.61. The summed E-state index contributed by atoms with van der Waals surface area (Å²) < 4.78 is 1.99. The fraction of sp³-hybridized carbons (Fsp3) is 0. The molecular formula is C17H12N2. The Balaban J connectivity index is 1.99. The van der Waals surface area contributed by atoms with Crippen molar-refractivity contribution in [1.29, 1.82) is 0 Å². The lowest BCUT2D eigenvalue weighted by Crippen LogP contribution is -1.95. The predicted octanol–water partition coefficient (Wildman–Crippen LogP) is 4.18. The number of benzene rings is 3. The van der Waals surface area contributed by atoms with E-state index < -0.39 is 0 Å². The van der Waals surface area contributed by atoms with Crippen LogP contribution in [0.4, 0.5) is 0 Å². The molecule has 1 aromatic heterocycles. The summed E-state index contributed by atoms with van der Waals surface area (Å²) in [5.74, 6) is 0. The average molecular weight is 244 g/mol. The maximum Gasteiger partial charge on any atom is 0.0741 e. The van der Waals surface area contributed by atoms with Gasteiger partial charge in [-0.15, -0.1) is 0 Å². The molecule has 2 heteroatoms. The van der Waals surface area contributed by atoms with E-state index in [1.54, 1.807) is 0 Å². The molecule has 0 atom stereocenters. The van der Waals surface area contributed by atoms with Gasteiger partial charge in [-0.2, -0.15) is 5.10 Å². The number of hydrogen-bond acceptors (Lipinski definition) is 1. The lowest BCUT2D eigenvalue weighted by molar-refractivity contribution is 0.912. The third kappa shape index (κ3) is 1.61. The lowest BCUT2D eigenvalue weighted by atomic mass is 10.1. The number of rotatable bonds is 1. The number of hydrogen-bond donors (Lipinski definition) is 0. The van der Waals surface area contributed by atoms with Crippen LogP contribution in [0, 0.1) is 0 Å².